The molecule has 0 aromatic heterocycles. The fourth-order valence-electron chi connectivity index (χ4n) is 5.24. The molecule has 0 radical (unpaired) electrons. The quantitative estimate of drug-likeness (QED) is 0.615. The number of allylic oxidation sites excluding steroid dienone is 2. The van der Waals surface area contributed by atoms with Gasteiger partial charge in [-0.15, -0.1) is 11.8 Å². The third kappa shape index (κ3) is 2.91. The van der Waals surface area contributed by atoms with Crippen molar-refractivity contribution in [2.24, 2.45) is 4.99 Å². The van der Waals surface area contributed by atoms with Crippen LogP contribution in [0.25, 0.3) is 16.3 Å². The van der Waals surface area contributed by atoms with Gasteiger partial charge in [0.25, 0.3) is 0 Å². The smallest absolute Gasteiger partial charge is 0.0999 e. The first-order valence-electron chi connectivity index (χ1n) is 10.5. The van der Waals surface area contributed by atoms with Gasteiger partial charge < -0.3 is 5.32 Å². The van der Waals surface area contributed by atoms with Crippen molar-refractivity contribution in [3.63, 3.8) is 0 Å². The van der Waals surface area contributed by atoms with E-state index in [-0.39, 0.29) is 11.7 Å². The van der Waals surface area contributed by atoms with Crippen LogP contribution in [-0.4, -0.2) is 44.1 Å². The second-order valence-electron chi connectivity index (χ2n) is 8.03. The monoisotopic (exact) mass is 438 g/mol. The maximum absolute atomic E-state index is 6.68. The van der Waals surface area contributed by atoms with Gasteiger partial charge in [0.2, 0.25) is 0 Å². The van der Waals surface area contributed by atoms with E-state index >= 15 is 0 Å². The summed E-state index contributed by atoms with van der Waals surface area (Å²) in [5.74, 6) is 1.03. The van der Waals surface area contributed by atoms with E-state index in [2.05, 4.69) is 53.3 Å². The van der Waals surface area contributed by atoms with Crippen molar-refractivity contribution >= 4 is 44.8 Å². The van der Waals surface area contributed by atoms with Crippen molar-refractivity contribution in [2.45, 2.75) is 24.5 Å². The lowest BCUT2D eigenvalue weighted by atomic mass is 9.72. The van der Waals surface area contributed by atoms with Gasteiger partial charge in [-0.05, 0) is 66.7 Å². The van der Waals surface area contributed by atoms with Crippen LogP contribution in [0.3, 0.4) is 0 Å². The second kappa shape index (κ2) is 7.81. The summed E-state index contributed by atoms with van der Waals surface area (Å²) in [7, 11) is 6.14. The molecular formula is C24H27ClN4S. The molecule has 2 aromatic rings. The lowest BCUT2D eigenvalue weighted by Gasteiger charge is -2.43. The van der Waals surface area contributed by atoms with Crippen molar-refractivity contribution in [1.29, 1.82) is 0 Å². The molecule has 156 valence electrons. The molecular weight excluding hydrogens is 412 g/mol. The van der Waals surface area contributed by atoms with Gasteiger partial charge >= 0.3 is 0 Å². The highest BCUT2D eigenvalue weighted by molar-refractivity contribution is 8.14. The molecule has 1 unspecified atom stereocenters. The largest absolute Gasteiger partial charge is 0.313 e. The highest BCUT2D eigenvalue weighted by Crippen LogP contribution is 2.47. The Morgan fingerprint density at radius 3 is 2.60 bits per heavy atom. The molecule has 0 bridgehead atoms. The summed E-state index contributed by atoms with van der Waals surface area (Å²) in [4.78, 5) is 4.72. The molecule has 0 amide bonds. The summed E-state index contributed by atoms with van der Waals surface area (Å²) in [6.45, 7) is 0.869. The Hall–Kier alpha value is -1.63. The number of halogens is 1. The highest BCUT2D eigenvalue weighted by atomic mass is 35.5. The summed E-state index contributed by atoms with van der Waals surface area (Å²) < 4.78 is 0. The van der Waals surface area contributed by atoms with Crippen LogP contribution in [-0.2, 0) is 0 Å². The molecule has 2 aliphatic carbocycles. The fraction of sp³-hybridized carbons (Fsp3) is 0.375. The number of likely N-dealkylation sites (N-methyl/N-ethyl adjacent to an activating group) is 2. The molecule has 1 atom stereocenters. The van der Waals surface area contributed by atoms with E-state index in [1.54, 1.807) is 11.8 Å². The topological polar surface area (TPSA) is 48.4 Å². The number of aliphatic imine (C=N–C) groups is 1. The maximum Gasteiger partial charge on any atom is 0.0999 e. The molecule has 6 heteroatoms. The standard InChI is InChI=1S/C24H27ClN4S/c1-26-20-13-18-14(5-4-10-24(18,27-2)28-3)15-6-7-17-16(21(15)20)8-9-19(25)22(17)23-29-11-12-30-23/h4-9,20,26-28H,10-13H2,1-3H3. The van der Waals surface area contributed by atoms with Gasteiger partial charge in [0.1, 0.15) is 0 Å². The Morgan fingerprint density at radius 1 is 1.10 bits per heavy atom. The Balaban J connectivity index is 1.79. The number of nitrogens with one attached hydrogen (secondary N) is 3. The summed E-state index contributed by atoms with van der Waals surface area (Å²) in [6.07, 6.45) is 6.47. The summed E-state index contributed by atoms with van der Waals surface area (Å²) in [6, 6.07) is 8.98. The third-order valence-corrected chi connectivity index (χ3v) is 8.10. The number of thioether (sulfide) groups is 1. The van der Waals surface area contributed by atoms with Gasteiger partial charge in [-0.2, -0.15) is 0 Å². The van der Waals surface area contributed by atoms with Gasteiger partial charge in [-0.25, -0.2) is 0 Å². The lowest BCUT2D eigenvalue weighted by Crippen LogP contribution is -2.57. The van der Waals surface area contributed by atoms with E-state index in [1.807, 2.05) is 20.2 Å². The number of hydrogen-bond donors (Lipinski definition) is 3. The van der Waals surface area contributed by atoms with Crippen LogP contribution in [0, 0.1) is 0 Å². The first-order chi connectivity index (χ1) is 14.6. The van der Waals surface area contributed by atoms with E-state index in [4.69, 9.17) is 16.6 Å². The van der Waals surface area contributed by atoms with Crippen LogP contribution < -0.4 is 16.0 Å². The summed E-state index contributed by atoms with van der Waals surface area (Å²) in [5.41, 5.74) is 6.31. The Kier molecular flexibility index (Phi) is 5.28. The Bertz CT molecular complexity index is 1110. The Labute approximate surface area is 187 Å². The molecule has 4 nitrogen and oxygen atoms in total. The molecule has 0 spiro atoms. The van der Waals surface area contributed by atoms with Crippen molar-refractivity contribution < 1.29 is 0 Å². The van der Waals surface area contributed by atoms with Gasteiger partial charge in [0.05, 0.1) is 15.7 Å². The zero-order valence-corrected chi connectivity index (χ0v) is 19.2. The van der Waals surface area contributed by atoms with Gasteiger partial charge in [-0.3, -0.25) is 15.6 Å². The summed E-state index contributed by atoms with van der Waals surface area (Å²) in [5, 5.41) is 15.0. The van der Waals surface area contributed by atoms with E-state index in [0.717, 1.165) is 40.8 Å². The van der Waals surface area contributed by atoms with E-state index < -0.39 is 0 Å². The van der Waals surface area contributed by atoms with Crippen LogP contribution in [0.2, 0.25) is 5.02 Å². The first kappa shape index (κ1) is 20.3. The van der Waals surface area contributed by atoms with E-state index in [9.17, 15) is 0 Å². The second-order valence-corrected chi connectivity index (χ2v) is 9.52. The molecule has 1 heterocycles. The fourth-order valence-corrected chi connectivity index (χ4v) is 6.48. The molecule has 1 aliphatic heterocycles. The molecule has 0 saturated heterocycles. The lowest BCUT2D eigenvalue weighted by molar-refractivity contribution is 0.334. The number of nitrogens with zero attached hydrogens (tertiary/aromatic N) is 1. The molecule has 5 rings (SSSR count). The van der Waals surface area contributed by atoms with Gasteiger partial charge in [-0.1, -0.05) is 42.0 Å². The minimum absolute atomic E-state index is 0.202. The van der Waals surface area contributed by atoms with Crippen LogP contribution in [0.5, 0.6) is 0 Å². The van der Waals surface area contributed by atoms with Crippen LogP contribution in [0.1, 0.15) is 35.6 Å². The number of hydrogen-bond acceptors (Lipinski definition) is 5. The zero-order valence-electron chi connectivity index (χ0n) is 17.6. The maximum atomic E-state index is 6.68. The van der Waals surface area contributed by atoms with Crippen LogP contribution in [0.15, 0.2) is 47.0 Å². The number of rotatable bonds is 4. The Morgan fingerprint density at radius 2 is 1.90 bits per heavy atom. The number of fused-ring (bicyclic) bond motifs is 4. The van der Waals surface area contributed by atoms with Crippen molar-refractivity contribution in [2.75, 3.05) is 33.4 Å². The highest BCUT2D eigenvalue weighted by Gasteiger charge is 2.39. The molecule has 2 aromatic carbocycles. The first-order valence-corrected chi connectivity index (χ1v) is 11.9. The predicted molar refractivity (Wildman–Crippen MR) is 131 cm³/mol. The molecule has 0 fully saturated rings. The van der Waals surface area contributed by atoms with Crippen molar-refractivity contribution in [1.82, 2.24) is 16.0 Å². The SMILES string of the molecule is CNC1CC2=C(C=CCC2(NC)NC)c2ccc3c(C4=NCCS4)c(Cl)ccc3c21. The molecule has 3 aliphatic rings. The zero-order chi connectivity index (χ0) is 20.9. The molecule has 0 saturated carbocycles. The van der Waals surface area contributed by atoms with Crippen molar-refractivity contribution in [3.8, 4) is 0 Å². The minimum atomic E-state index is -0.202. The minimum Gasteiger partial charge on any atom is -0.313 e. The van der Waals surface area contributed by atoms with Gasteiger partial charge in [0.15, 0.2) is 0 Å². The number of benzene rings is 2. The predicted octanol–water partition coefficient (Wildman–Crippen LogP) is 4.50. The average Bonchev–Trinajstić information content (AvgIpc) is 3.31. The van der Waals surface area contributed by atoms with Gasteiger partial charge in [0, 0.05) is 30.3 Å². The molecule has 3 N–H and O–H groups in total. The van der Waals surface area contributed by atoms with E-state index in [0.29, 0.717) is 0 Å². The van der Waals surface area contributed by atoms with E-state index in [1.165, 1.54) is 33.0 Å². The normalized spacial score (nSPS) is 22.3. The van der Waals surface area contributed by atoms with Crippen LogP contribution in [0.4, 0.5) is 0 Å². The average molecular weight is 439 g/mol. The summed E-state index contributed by atoms with van der Waals surface area (Å²) >= 11 is 8.48. The molecule has 30 heavy (non-hydrogen) atoms. The third-order valence-electron chi connectivity index (χ3n) is 6.79. The van der Waals surface area contributed by atoms with Crippen molar-refractivity contribution in [3.05, 3.63) is 63.7 Å². The van der Waals surface area contributed by atoms with Crippen LogP contribution >= 0.6 is 23.4 Å².